The Morgan fingerprint density at radius 1 is 0.688 bits per heavy atom. The Morgan fingerprint density at radius 3 is 1.91 bits per heavy atom. The van der Waals surface area contributed by atoms with E-state index in [2.05, 4.69) is 86.7 Å². The number of aliphatic imine (C=N–C) groups is 2. The maximum Gasteiger partial charge on any atom is 0.101 e. The number of benzene rings is 3. The Hall–Kier alpha value is -2.56. The van der Waals surface area contributed by atoms with Crippen LogP contribution in [0.25, 0.3) is 16.8 Å². The lowest BCUT2D eigenvalue weighted by molar-refractivity contribution is 0.922. The van der Waals surface area contributed by atoms with Gasteiger partial charge in [-0.1, -0.05) is 86.6 Å². The van der Waals surface area contributed by atoms with Crippen LogP contribution in [0.15, 0.2) is 86.5 Å². The van der Waals surface area contributed by atoms with Crippen LogP contribution in [0, 0.1) is 0 Å². The fraction of sp³-hybridized carbons (Fsp3) is 0.214. The first-order valence-corrected chi connectivity index (χ1v) is 12.9. The van der Waals surface area contributed by atoms with Gasteiger partial charge in [0.25, 0.3) is 0 Å². The molecule has 0 unspecified atom stereocenters. The molecule has 0 aliphatic carbocycles. The highest BCUT2D eigenvalue weighted by atomic mass is 32.2. The number of allylic oxidation sites excluding steroid dienone is 1. The van der Waals surface area contributed by atoms with Gasteiger partial charge in [0.15, 0.2) is 0 Å². The summed E-state index contributed by atoms with van der Waals surface area (Å²) in [5.41, 5.74) is 4.70. The third-order valence-electron chi connectivity index (χ3n) is 5.58. The van der Waals surface area contributed by atoms with Crippen LogP contribution in [-0.4, -0.2) is 10.1 Å². The van der Waals surface area contributed by atoms with Crippen LogP contribution < -0.4 is 0 Å². The molecule has 0 spiro atoms. The molecule has 5 rings (SSSR count). The molecule has 2 aliphatic rings. The van der Waals surface area contributed by atoms with E-state index >= 15 is 0 Å². The van der Waals surface area contributed by atoms with Crippen LogP contribution in [-0.2, 0) is 6.42 Å². The molecule has 0 bridgehead atoms. The topological polar surface area (TPSA) is 24.7 Å². The summed E-state index contributed by atoms with van der Waals surface area (Å²) in [6.45, 7) is 4.41. The molecule has 3 aromatic carbocycles. The van der Waals surface area contributed by atoms with E-state index in [1.54, 1.807) is 23.5 Å². The van der Waals surface area contributed by atoms with E-state index in [1.807, 2.05) is 0 Å². The molecule has 0 radical (unpaired) electrons. The minimum absolute atomic E-state index is 1.02. The van der Waals surface area contributed by atoms with Crippen molar-refractivity contribution in [1.29, 1.82) is 0 Å². The van der Waals surface area contributed by atoms with E-state index in [9.17, 15) is 0 Å². The summed E-state index contributed by atoms with van der Waals surface area (Å²) < 4.78 is 0. The molecule has 0 aromatic heterocycles. The highest BCUT2D eigenvalue weighted by Crippen LogP contribution is 2.49. The third-order valence-corrected chi connectivity index (χ3v) is 7.58. The Labute approximate surface area is 198 Å². The van der Waals surface area contributed by atoms with Crippen molar-refractivity contribution in [2.75, 3.05) is 0 Å². The average molecular weight is 455 g/mol. The minimum Gasteiger partial charge on any atom is -0.241 e. The number of hydrogen-bond donors (Lipinski definition) is 0. The summed E-state index contributed by atoms with van der Waals surface area (Å²) in [5, 5.41) is 4.56. The van der Waals surface area contributed by atoms with Gasteiger partial charge in [-0.25, -0.2) is 9.98 Å². The second-order valence-corrected chi connectivity index (χ2v) is 10.2. The molecule has 0 fully saturated rings. The number of nitrogens with zero attached hydrogens (tertiary/aromatic N) is 2. The molecule has 32 heavy (non-hydrogen) atoms. The van der Waals surface area contributed by atoms with Gasteiger partial charge in [-0.3, -0.25) is 0 Å². The lowest BCUT2D eigenvalue weighted by atomic mass is 10.1. The first-order valence-electron chi connectivity index (χ1n) is 11.3. The molecule has 0 atom stereocenters. The van der Waals surface area contributed by atoms with Crippen LogP contribution in [0.4, 0.5) is 11.4 Å². The number of aryl methyl sites for hydroxylation is 1. The molecule has 2 heterocycles. The van der Waals surface area contributed by atoms with Crippen molar-refractivity contribution < 1.29 is 0 Å². The van der Waals surface area contributed by atoms with E-state index in [4.69, 9.17) is 9.98 Å². The van der Waals surface area contributed by atoms with Crippen molar-refractivity contribution in [3.05, 3.63) is 77.9 Å². The molecule has 3 aromatic rings. The standard InChI is InChI=1S/C28H26N2S2/c1-3-5-6-8-25-29-21-14-17-24-28-22(15-16-23(31-25)27(21)28)30-26(32-24)18-13-20-11-9-19(7-4-2)10-12-20/h6,8-18H,3-5,7H2,1-2H3/b8-6+,18-13+. The molecule has 160 valence electrons. The van der Waals surface area contributed by atoms with Gasteiger partial charge in [-0.05, 0) is 60.4 Å². The third kappa shape index (κ3) is 4.35. The van der Waals surface area contributed by atoms with Gasteiger partial charge >= 0.3 is 0 Å². The summed E-state index contributed by atoms with van der Waals surface area (Å²) in [5.74, 6) is 0. The summed E-state index contributed by atoms with van der Waals surface area (Å²) >= 11 is 3.50. The van der Waals surface area contributed by atoms with Gasteiger partial charge in [0.2, 0.25) is 0 Å². The Morgan fingerprint density at radius 2 is 1.31 bits per heavy atom. The molecule has 2 nitrogen and oxygen atoms in total. The largest absolute Gasteiger partial charge is 0.241 e. The van der Waals surface area contributed by atoms with Crippen molar-refractivity contribution in [2.45, 2.75) is 49.3 Å². The Bertz CT molecular complexity index is 1280. The fourth-order valence-electron chi connectivity index (χ4n) is 4.01. The zero-order chi connectivity index (χ0) is 21.9. The summed E-state index contributed by atoms with van der Waals surface area (Å²) in [4.78, 5) is 12.4. The second-order valence-electron chi connectivity index (χ2n) is 8.04. The predicted octanol–water partition coefficient (Wildman–Crippen LogP) is 9.13. The number of hydrogen-bond acceptors (Lipinski definition) is 4. The van der Waals surface area contributed by atoms with Crippen molar-refractivity contribution in [2.24, 2.45) is 9.98 Å². The lowest BCUT2D eigenvalue weighted by Crippen LogP contribution is -1.98. The molecule has 0 amide bonds. The summed E-state index contributed by atoms with van der Waals surface area (Å²) in [6.07, 6.45) is 13.2. The number of unbranched alkanes of at least 4 members (excludes halogenated alkanes) is 1. The molecule has 0 N–H and O–H groups in total. The van der Waals surface area contributed by atoms with E-state index < -0.39 is 0 Å². The van der Waals surface area contributed by atoms with Gasteiger partial charge < -0.3 is 0 Å². The highest BCUT2D eigenvalue weighted by Gasteiger charge is 2.22. The van der Waals surface area contributed by atoms with E-state index in [-0.39, 0.29) is 0 Å². The van der Waals surface area contributed by atoms with Gasteiger partial charge in [0.05, 0.1) is 11.4 Å². The SMILES string of the molecule is CCC/C=C/C1=Nc2ccc3c4c(ccc(c24)S1)N=C(/C=C/c1ccc(CCC)cc1)S3. The minimum atomic E-state index is 1.02. The average Bonchev–Trinajstić information content (AvgIpc) is 2.82. The maximum atomic E-state index is 4.97. The normalized spacial score (nSPS) is 14.9. The van der Waals surface area contributed by atoms with E-state index in [1.165, 1.54) is 38.1 Å². The van der Waals surface area contributed by atoms with Crippen LogP contribution in [0.2, 0.25) is 0 Å². The fourth-order valence-corrected chi connectivity index (χ4v) is 5.94. The van der Waals surface area contributed by atoms with Crippen LogP contribution in [0.3, 0.4) is 0 Å². The first-order chi connectivity index (χ1) is 15.7. The van der Waals surface area contributed by atoms with E-state index in [0.717, 1.165) is 40.7 Å². The summed E-state index contributed by atoms with van der Waals surface area (Å²) in [6, 6.07) is 17.5. The molecular formula is C28H26N2S2. The Balaban J connectivity index is 1.45. The van der Waals surface area contributed by atoms with Crippen LogP contribution >= 0.6 is 23.5 Å². The highest BCUT2D eigenvalue weighted by molar-refractivity contribution is 8.15. The predicted molar refractivity (Wildman–Crippen MR) is 143 cm³/mol. The zero-order valence-corrected chi connectivity index (χ0v) is 20.1. The van der Waals surface area contributed by atoms with Gasteiger partial charge in [0, 0.05) is 20.6 Å². The van der Waals surface area contributed by atoms with Gasteiger partial charge in [-0.2, -0.15) is 0 Å². The van der Waals surface area contributed by atoms with Crippen LogP contribution in [0.1, 0.15) is 44.2 Å². The molecule has 4 heteroatoms. The lowest BCUT2D eigenvalue weighted by Gasteiger charge is -2.21. The molecule has 2 aliphatic heterocycles. The summed E-state index contributed by atoms with van der Waals surface area (Å²) in [7, 11) is 0. The molecule has 0 saturated carbocycles. The number of thioether (sulfide) groups is 2. The quantitative estimate of drug-likeness (QED) is 0.355. The van der Waals surface area contributed by atoms with Crippen molar-refractivity contribution in [1.82, 2.24) is 0 Å². The zero-order valence-electron chi connectivity index (χ0n) is 18.5. The first kappa shape index (κ1) is 21.3. The maximum absolute atomic E-state index is 4.97. The van der Waals surface area contributed by atoms with Crippen LogP contribution in [0.5, 0.6) is 0 Å². The Kier molecular flexibility index (Phi) is 6.33. The van der Waals surface area contributed by atoms with Crippen molar-refractivity contribution >= 4 is 61.8 Å². The van der Waals surface area contributed by atoms with Gasteiger partial charge in [-0.15, -0.1) is 0 Å². The van der Waals surface area contributed by atoms with Crippen molar-refractivity contribution in [3.63, 3.8) is 0 Å². The monoisotopic (exact) mass is 454 g/mol. The van der Waals surface area contributed by atoms with Crippen molar-refractivity contribution in [3.8, 4) is 0 Å². The second kappa shape index (κ2) is 9.51. The molecular weight excluding hydrogens is 428 g/mol. The van der Waals surface area contributed by atoms with Gasteiger partial charge in [0.1, 0.15) is 10.1 Å². The molecule has 0 saturated heterocycles. The van der Waals surface area contributed by atoms with E-state index in [0.29, 0.717) is 0 Å². The smallest absolute Gasteiger partial charge is 0.101 e. The number of rotatable bonds is 7.